The zero-order valence-electron chi connectivity index (χ0n) is 14.1. The third kappa shape index (κ3) is 3.74. The number of methoxy groups -OCH3 is 2. The fourth-order valence-corrected chi connectivity index (χ4v) is 3.25. The highest BCUT2D eigenvalue weighted by molar-refractivity contribution is 7.98. The Balaban J connectivity index is 1.89. The van der Waals surface area contributed by atoms with Gasteiger partial charge < -0.3 is 9.47 Å². The molecule has 1 aromatic heterocycles. The maximum absolute atomic E-state index is 13.5. The van der Waals surface area contributed by atoms with Crippen LogP contribution in [0.1, 0.15) is 11.1 Å². The van der Waals surface area contributed by atoms with Crippen molar-refractivity contribution in [2.24, 2.45) is 0 Å². The molecule has 0 saturated heterocycles. The third-order valence-electron chi connectivity index (χ3n) is 3.60. The normalized spacial score (nSPS) is 10.7. The van der Waals surface area contributed by atoms with Crippen molar-refractivity contribution in [2.75, 3.05) is 14.2 Å². The fraction of sp³-hybridized carbons (Fsp3) is 0.235. The minimum absolute atomic E-state index is 0.309. The number of aromatic nitrogens is 4. The zero-order chi connectivity index (χ0) is 17.8. The van der Waals surface area contributed by atoms with E-state index in [9.17, 15) is 4.39 Å². The summed E-state index contributed by atoms with van der Waals surface area (Å²) >= 11 is 1.39. The molecular weight excluding hydrogens is 343 g/mol. The van der Waals surface area contributed by atoms with Crippen LogP contribution in [0.2, 0.25) is 0 Å². The summed E-state index contributed by atoms with van der Waals surface area (Å²) < 4.78 is 25.8. The third-order valence-corrected chi connectivity index (χ3v) is 4.57. The van der Waals surface area contributed by atoms with E-state index in [4.69, 9.17) is 9.47 Å². The Morgan fingerprint density at radius 3 is 2.60 bits per heavy atom. The molecule has 1 heterocycles. The van der Waals surface area contributed by atoms with E-state index in [0.717, 1.165) is 16.8 Å². The average molecular weight is 360 g/mol. The van der Waals surface area contributed by atoms with Gasteiger partial charge in [-0.1, -0.05) is 17.8 Å². The molecule has 0 spiro atoms. The van der Waals surface area contributed by atoms with Gasteiger partial charge in [0.1, 0.15) is 23.0 Å². The molecule has 0 unspecified atom stereocenters. The Bertz CT molecular complexity index is 885. The van der Waals surface area contributed by atoms with E-state index in [2.05, 4.69) is 15.5 Å². The first-order chi connectivity index (χ1) is 12.1. The largest absolute Gasteiger partial charge is 0.496 e. The maximum atomic E-state index is 13.5. The lowest BCUT2D eigenvalue weighted by atomic mass is 10.2. The monoisotopic (exact) mass is 360 g/mol. The van der Waals surface area contributed by atoms with Crippen molar-refractivity contribution in [3.63, 3.8) is 0 Å². The lowest BCUT2D eigenvalue weighted by Gasteiger charge is -2.11. The summed E-state index contributed by atoms with van der Waals surface area (Å²) in [6.45, 7) is 1.98. The van der Waals surface area contributed by atoms with E-state index in [-0.39, 0.29) is 5.82 Å². The number of hydrogen-bond donors (Lipinski definition) is 0. The first-order valence-corrected chi connectivity index (χ1v) is 8.49. The fourth-order valence-electron chi connectivity index (χ4n) is 2.39. The summed E-state index contributed by atoms with van der Waals surface area (Å²) in [5.41, 5.74) is 2.55. The Labute approximate surface area is 149 Å². The number of ether oxygens (including phenoxy) is 2. The van der Waals surface area contributed by atoms with Crippen LogP contribution in [-0.2, 0) is 5.75 Å². The lowest BCUT2D eigenvalue weighted by Crippen LogP contribution is -2.03. The van der Waals surface area contributed by atoms with E-state index in [0.29, 0.717) is 22.4 Å². The van der Waals surface area contributed by atoms with Crippen LogP contribution in [0.3, 0.4) is 0 Å². The maximum Gasteiger partial charge on any atom is 0.214 e. The van der Waals surface area contributed by atoms with Crippen molar-refractivity contribution in [3.8, 4) is 17.2 Å². The first-order valence-electron chi connectivity index (χ1n) is 7.51. The van der Waals surface area contributed by atoms with Crippen molar-refractivity contribution in [1.82, 2.24) is 20.2 Å². The summed E-state index contributed by atoms with van der Waals surface area (Å²) in [6.07, 6.45) is 0. The van der Waals surface area contributed by atoms with Crippen molar-refractivity contribution in [2.45, 2.75) is 17.8 Å². The molecule has 3 rings (SSSR count). The van der Waals surface area contributed by atoms with Gasteiger partial charge in [-0.05, 0) is 53.2 Å². The molecule has 25 heavy (non-hydrogen) atoms. The summed E-state index contributed by atoms with van der Waals surface area (Å²) in [5, 5.41) is 12.5. The number of aryl methyl sites for hydroxylation is 1. The minimum Gasteiger partial charge on any atom is -0.496 e. The van der Waals surface area contributed by atoms with Gasteiger partial charge in [0.05, 0.1) is 14.2 Å². The van der Waals surface area contributed by atoms with Crippen LogP contribution in [0.25, 0.3) is 5.69 Å². The van der Waals surface area contributed by atoms with E-state index in [1.165, 1.54) is 23.9 Å². The van der Waals surface area contributed by atoms with Crippen LogP contribution in [0.5, 0.6) is 11.5 Å². The first kappa shape index (κ1) is 17.2. The second-order valence-corrected chi connectivity index (χ2v) is 6.24. The molecule has 0 bridgehead atoms. The SMILES string of the molecule is COc1ccc(F)cc1CSc1nnnn1-c1cc(C)ccc1OC. The number of nitrogens with zero attached hydrogens (tertiary/aromatic N) is 4. The van der Waals surface area contributed by atoms with E-state index in [1.807, 2.05) is 25.1 Å². The van der Waals surface area contributed by atoms with Gasteiger partial charge >= 0.3 is 0 Å². The Hall–Kier alpha value is -2.61. The molecule has 0 fully saturated rings. The molecule has 0 radical (unpaired) electrons. The Morgan fingerprint density at radius 1 is 1.08 bits per heavy atom. The molecule has 0 amide bonds. The number of rotatable bonds is 6. The standard InChI is InChI=1S/C17H17FN4O2S/c1-11-4-6-16(24-3)14(8-11)22-17(19-20-21-22)25-10-12-9-13(18)5-7-15(12)23-2/h4-9H,10H2,1-3H3. The molecule has 6 nitrogen and oxygen atoms in total. The predicted octanol–water partition coefficient (Wildman–Crippen LogP) is 3.42. The molecule has 0 aliphatic heterocycles. The number of benzene rings is 2. The van der Waals surface area contributed by atoms with Crippen LogP contribution >= 0.6 is 11.8 Å². The Kier molecular flexibility index (Phi) is 5.18. The molecule has 0 aliphatic rings. The molecule has 0 atom stereocenters. The molecule has 0 aliphatic carbocycles. The highest BCUT2D eigenvalue weighted by Gasteiger charge is 2.15. The number of halogens is 1. The topological polar surface area (TPSA) is 62.1 Å². The molecule has 0 N–H and O–H groups in total. The second-order valence-electron chi connectivity index (χ2n) is 5.29. The average Bonchev–Trinajstić information content (AvgIpc) is 3.08. The highest BCUT2D eigenvalue weighted by atomic mass is 32.2. The molecule has 3 aromatic rings. The van der Waals surface area contributed by atoms with E-state index < -0.39 is 0 Å². The van der Waals surface area contributed by atoms with Gasteiger partial charge in [0.2, 0.25) is 5.16 Å². The van der Waals surface area contributed by atoms with Gasteiger partial charge in [0.25, 0.3) is 0 Å². The number of tetrazole rings is 1. The molecule has 8 heteroatoms. The van der Waals surface area contributed by atoms with Gasteiger partial charge in [-0.25, -0.2) is 4.39 Å². The summed E-state index contributed by atoms with van der Waals surface area (Å²) in [5.74, 6) is 1.45. The summed E-state index contributed by atoms with van der Waals surface area (Å²) in [6, 6.07) is 10.2. The zero-order valence-corrected chi connectivity index (χ0v) is 14.9. The van der Waals surface area contributed by atoms with Crippen LogP contribution < -0.4 is 9.47 Å². The van der Waals surface area contributed by atoms with Crippen molar-refractivity contribution in [1.29, 1.82) is 0 Å². The Morgan fingerprint density at radius 2 is 1.84 bits per heavy atom. The molecular formula is C17H17FN4O2S. The van der Waals surface area contributed by atoms with E-state index >= 15 is 0 Å². The molecule has 2 aromatic carbocycles. The predicted molar refractivity (Wildman–Crippen MR) is 93.0 cm³/mol. The van der Waals surface area contributed by atoms with Crippen LogP contribution in [0, 0.1) is 12.7 Å². The smallest absolute Gasteiger partial charge is 0.214 e. The van der Waals surface area contributed by atoms with Gasteiger partial charge in [-0.15, -0.1) is 5.10 Å². The van der Waals surface area contributed by atoms with Gasteiger partial charge in [0.15, 0.2) is 0 Å². The van der Waals surface area contributed by atoms with Crippen molar-refractivity contribution in [3.05, 3.63) is 53.3 Å². The van der Waals surface area contributed by atoms with E-state index in [1.54, 1.807) is 25.0 Å². The van der Waals surface area contributed by atoms with Crippen LogP contribution in [0.15, 0.2) is 41.6 Å². The minimum atomic E-state index is -0.309. The second kappa shape index (κ2) is 7.52. The molecule has 130 valence electrons. The van der Waals surface area contributed by atoms with Crippen molar-refractivity contribution >= 4 is 11.8 Å². The summed E-state index contributed by atoms with van der Waals surface area (Å²) in [7, 11) is 3.16. The van der Waals surface area contributed by atoms with Crippen molar-refractivity contribution < 1.29 is 13.9 Å². The van der Waals surface area contributed by atoms with Gasteiger partial charge in [-0.3, -0.25) is 0 Å². The number of hydrogen-bond acceptors (Lipinski definition) is 6. The lowest BCUT2D eigenvalue weighted by molar-refractivity contribution is 0.409. The van der Waals surface area contributed by atoms with Crippen LogP contribution in [0.4, 0.5) is 4.39 Å². The van der Waals surface area contributed by atoms with Crippen LogP contribution in [-0.4, -0.2) is 34.4 Å². The van der Waals surface area contributed by atoms with Gasteiger partial charge in [-0.2, -0.15) is 4.68 Å². The molecule has 0 saturated carbocycles. The number of thioether (sulfide) groups is 1. The summed E-state index contributed by atoms with van der Waals surface area (Å²) in [4.78, 5) is 0. The van der Waals surface area contributed by atoms with Gasteiger partial charge in [0, 0.05) is 11.3 Å². The highest BCUT2D eigenvalue weighted by Crippen LogP contribution is 2.30. The quantitative estimate of drug-likeness (QED) is 0.628.